The molecule has 4 nitrogen and oxygen atoms in total. The number of ether oxygens (including phenoxy) is 1. The molecule has 0 aliphatic carbocycles. The molecule has 0 bridgehead atoms. The van der Waals surface area contributed by atoms with Gasteiger partial charge in [-0.1, -0.05) is 12.1 Å². The lowest BCUT2D eigenvalue weighted by atomic mass is 10.0. The van der Waals surface area contributed by atoms with E-state index >= 15 is 0 Å². The van der Waals surface area contributed by atoms with Crippen LogP contribution < -0.4 is 11.1 Å². The monoisotopic (exact) mass is 252 g/mol. The van der Waals surface area contributed by atoms with E-state index in [2.05, 4.69) is 5.32 Å². The van der Waals surface area contributed by atoms with Gasteiger partial charge in [-0.25, -0.2) is 4.39 Å². The van der Waals surface area contributed by atoms with Crippen LogP contribution in [0.4, 0.5) is 4.39 Å². The summed E-state index contributed by atoms with van der Waals surface area (Å²) in [7, 11) is 0. The van der Waals surface area contributed by atoms with Crippen molar-refractivity contribution in [1.29, 1.82) is 0 Å². The number of nitrogens with two attached hydrogens (primary N) is 1. The van der Waals surface area contributed by atoms with E-state index in [4.69, 9.17) is 10.5 Å². The summed E-state index contributed by atoms with van der Waals surface area (Å²) in [6, 6.07) is 4.67. The summed E-state index contributed by atoms with van der Waals surface area (Å²) in [5.74, 6) is -0.705. The van der Waals surface area contributed by atoms with Gasteiger partial charge in [0.05, 0.1) is 19.1 Å². The molecule has 2 unspecified atom stereocenters. The second-order valence-corrected chi connectivity index (χ2v) is 4.61. The maximum atomic E-state index is 13.3. The van der Waals surface area contributed by atoms with Gasteiger partial charge in [0.15, 0.2) is 0 Å². The number of benzene rings is 1. The third kappa shape index (κ3) is 2.86. The molecular weight excluding hydrogens is 235 g/mol. The number of amides is 1. The van der Waals surface area contributed by atoms with Crippen LogP contribution in [0.3, 0.4) is 0 Å². The molecule has 1 aliphatic heterocycles. The first-order valence-corrected chi connectivity index (χ1v) is 5.94. The van der Waals surface area contributed by atoms with Crippen molar-refractivity contribution >= 4 is 5.91 Å². The Morgan fingerprint density at radius 2 is 2.33 bits per heavy atom. The predicted octanol–water partition coefficient (Wildman–Crippen LogP) is 0.724. The largest absolute Gasteiger partial charge is 0.379 e. The smallest absolute Gasteiger partial charge is 0.227 e. The van der Waals surface area contributed by atoms with Crippen LogP contribution in [0.25, 0.3) is 0 Å². The lowest BCUT2D eigenvalue weighted by Gasteiger charge is -2.13. The van der Waals surface area contributed by atoms with E-state index in [0.29, 0.717) is 25.3 Å². The van der Waals surface area contributed by atoms with Crippen molar-refractivity contribution in [2.24, 2.45) is 11.7 Å². The first-order valence-electron chi connectivity index (χ1n) is 5.94. The highest BCUT2D eigenvalue weighted by Crippen LogP contribution is 2.13. The summed E-state index contributed by atoms with van der Waals surface area (Å²) in [5.41, 5.74) is 7.08. The Labute approximate surface area is 105 Å². The van der Waals surface area contributed by atoms with Gasteiger partial charge in [0.1, 0.15) is 5.82 Å². The summed E-state index contributed by atoms with van der Waals surface area (Å²) in [4.78, 5) is 11.8. The molecule has 1 aromatic carbocycles. The van der Waals surface area contributed by atoms with Gasteiger partial charge in [0.2, 0.25) is 5.91 Å². The van der Waals surface area contributed by atoms with Crippen molar-refractivity contribution in [3.63, 3.8) is 0 Å². The van der Waals surface area contributed by atoms with E-state index in [1.165, 1.54) is 6.07 Å². The molecule has 2 atom stereocenters. The molecule has 5 heteroatoms. The second kappa shape index (κ2) is 5.46. The van der Waals surface area contributed by atoms with Gasteiger partial charge < -0.3 is 15.8 Å². The third-order valence-corrected chi connectivity index (χ3v) is 3.16. The molecule has 1 aromatic rings. The van der Waals surface area contributed by atoms with Gasteiger partial charge in [0.25, 0.3) is 0 Å². The minimum atomic E-state index is -0.305. The fraction of sp³-hybridized carbons (Fsp3) is 0.462. The van der Waals surface area contributed by atoms with E-state index in [9.17, 15) is 9.18 Å². The zero-order valence-electron chi connectivity index (χ0n) is 10.3. The first kappa shape index (κ1) is 13.0. The maximum absolute atomic E-state index is 13.3. The Morgan fingerprint density at radius 1 is 1.56 bits per heavy atom. The Balaban J connectivity index is 1.91. The van der Waals surface area contributed by atoms with Crippen LogP contribution in [-0.4, -0.2) is 25.2 Å². The molecule has 1 saturated heterocycles. The van der Waals surface area contributed by atoms with E-state index in [0.717, 1.165) is 5.56 Å². The van der Waals surface area contributed by atoms with E-state index in [1.54, 1.807) is 19.1 Å². The summed E-state index contributed by atoms with van der Waals surface area (Å²) < 4.78 is 18.4. The van der Waals surface area contributed by atoms with E-state index < -0.39 is 0 Å². The number of hydrogen-bond donors (Lipinski definition) is 2. The van der Waals surface area contributed by atoms with Crippen LogP contribution in [0, 0.1) is 18.7 Å². The lowest BCUT2D eigenvalue weighted by Crippen LogP contribution is -2.40. The van der Waals surface area contributed by atoms with Crippen molar-refractivity contribution in [2.75, 3.05) is 13.2 Å². The summed E-state index contributed by atoms with van der Waals surface area (Å²) in [6.45, 7) is 2.78. The Kier molecular flexibility index (Phi) is 3.93. The van der Waals surface area contributed by atoms with Gasteiger partial charge >= 0.3 is 0 Å². The summed E-state index contributed by atoms with van der Waals surface area (Å²) >= 11 is 0. The van der Waals surface area contributed by atoms with Crippen molar-refractivity contribution in [3.05, 3.63) is 35.1 Å². The third-order valence-electron chi connectivity index (χ3n) is 3.16. The Morgan fingerprint density at radius 3 is 2.94 bits per heavy atom. The van der Waals surface area contributed by atoms with E-state index in [-0.39, 0.29) is 23.7 Å². The molecule has 0 aromatic heterocycles. The number of carbonyl (C=O) groups is 1. The molecule has 18 heavy (non-hydrogen) atoms. The average Bonchev–Trinajstić information content (AvgIpc) is 2.77. The zero-order valence-corrected chi connectivity index (χ0v) is 10.3. The standard InChI is InChI=1S/C13H17FN2O2/c1-8-2-3-9(4-11(8)14)5-16-13(17)10-6-18-7-12(10)15/h2-4,10,12H,5-7,15H2,1H3,(H,16,17). The van der Waals surface area contributed by atoms with Crippen LogP contribution in [0.5, 0.6) is 0 Å². The molecule has 1 amide bonds. The number of rotatable bonds is 3. The Bertz CT molecular complexity index is 451. The van der Waals surface area contributed by atoms with Crippen LogP contribution >= 0.6 is 0 Å². The van der Waals surface area contributed by atoms with E-state index in [1.807, 2.05) is 0 Å². The fourth-order valence-corrected chi connectivity index (χ4v) is 1.91. The Hall–Kier alpha value is -1.46. The molecule has 98 valence electrons. The molecule has 1 heterocycles. The topological polar surface area (TPSA) is 64.3 Å². The minimum absolute atomic E-state index is 0.138. The van der Waals surface area contributed by atoms with Gasteiger partial charge in [-0.3, -0.25) is 4.79 Å². The fourth-order valence-electron chi connectivity index (χ4n) is 1.91. The highest BCUT2D eigenvalue weighted by atomic mass is 19.1. The highest BCUT2D eigenvalue weighted by molar-refractivity contribution is 5.79. The second-order valence-electron chi connectivity index (χ2n) is 4.61. The highest BCUT2D eigenvalue weighted by Gasteiger charge is 2.30. The van der Waals surface area contributed by atoms with Crippen molar-refractivity contribution in [1.82, 2.24) is 5.32 Å². The maximum Gasteiger partial charge on any atom is 0.227 e. The van der Waals surface area contributed by atoms with Crippen molar-refractivity contribution < 1.29 is 13.9 Å². The quantitative estimate of drug-likeness (QED) is 0.833. The van der Waals surface area contributed by atoms with Crippen LogP contribution in [0.1, 0.15) is 11.1 Å². The molecule has 2 rings (SSSR count). The molecule has 0 saturated carbocycles. The predicted molar refractivity (Wildman–Crippen MR) is 65.3 cm³/mol. The van der Waals surface area contributed by atoms with Crippen LogP contribution in [0.15, 0.2) is 18.2 Å². The molecule has 0 spiro atoms. The van der Waals surface area contributed by atoms with Crippen LogP contribution in [0.2, 0.25) is 0 Å². The van der Waals surface area contributed by atoms with Gasteiger partial charge in [0, 0.05) is 12.6 Å². The minimum Gasteiger partial charge on any atom is -0.379 e. The summed E-state index contributed by atoms with van der Waals surface area (Å²) in [5, 5.41) is 2.75. The van der Waals surface area contributed by atoms with Crippen molar-refractivity contribution in [3.8, 4) is 0 Å². The number of carbonyl (C=O) groups excluding carboxylic acids is 1. The molecule has 1 aliphatic rings. The lowest BCUT2D eigenvalue weighted by molar-refractivity contribution is -0.125. The SMILES string of the molecule is Cc1ccc(CNC(=O)C2COCC2N)cc1F. The number of hydrogen-bond acceptors (Lipinski definition) is 3. The molecule has 1 fully saturated rings. The number of halogens is 1. The summed E-state index contributed by atoms with van der Waals surface area (Å²) in [6.07, 6.45) is 0. The van der Waals surface area contributed by atoms with Gasteiger partial charge in [-0.15, -0.1) is 0 Å². The van der Waals surface area contributed by atoms with Crippen LogP contribution in [-0.2, 0) is 16.1 Å². The van der Waals surface area contributed by atoms with Gasteiger partial charge in [-0.2, -0.15) is 0 Å². The molecular formula is C13H17FN2O2. The average molecular weight is 252 g/mol. The van der Waals surface area contributed by atoms with Crippen molar-refractivity contribution in [2.45, 2.75) is 19.5 Å². The zero-order chi connectivity index (χ0) is 13.1. The van der Waals surface area contributed by atoms with Gasteiger partial charge in [-0.05, 0) is 24.1 Å². The first-order chi connectivity index (χ1) is 8.58. The normalized spacial score (nSPS) is 23.1. The number of nitrogens with one attached hydrogen (secondary N) is 1. The molecule has 3 N–H and O–H groups in total. The molecule has 0 radical (unpaired) electrons. The number of aryl methyl sites for hydroxylation is 1.